The van der Waals surface area contributed by atoms with Crippen molar-refractivity contribution >= 4 is 32.5 Å². The van der Waals surface area contributed by atoms with Crippen molar-refractivity contribution in [3.05, 3.63) is 51.1 Å². The largest absolute Gasteiger partial charge is 0.300 e. The minimum atomic E-state index is -2.05. The first-order valence-corrected chi connectivity index (χ1v) is 7.35. The lowest BCUT2D eigenvalue weighted by molar-refractivity contribution is 0.418. The van der Waals surface area contributed by atoms with Crippen molar-refractivity contribution in [1.29, 1.82) is 0 Å². The molecule has 10 heteroatoms. The van der Waals surface area contributed by atoms with Gasteiger partial charge in [-0.2, -0.15) is 4.98 Å². The van der Waals surface area contributed by atoms with Crippen LogP contribution < -0.4 is 10.9 Å². The second-order valence-corrected chi connectivity index (χ2v) is 5.88. The van der Waals surface area contributed by atoms with Crippen molar-refractivity contribution < 1.29 is 17.6 Å². The molecule has 2 aromatic heterocycles. The summed E-state index contributed by atoms with van der Waals surface area (Å²) < 4.78 is 53.5. The van der Waals surface area contributed by atoms with Crippen LogP contribution >= 0.6 is 11.3 Å². The van der Waals surface area contributed by atoms with Crippen LogP contribution in [0.1, 0.15) is 11.4 Å². The summed E-state index contributed by atoms with van der Waals surface area (Å²) in [6.07, 6.45) is 0. The molecule has 2 heterocycles. The van der Waals surface area contributed by atoms with Crippen LogP contribution in [-0.4, -0.2) is 15.0 Å². The van der Waals surface area contributed by atoms with Crippen molar-refractivity contribution in [2.75, 3.05) is 5.32 Å². The normalized spacial score (nSPS) is 11.1. The first-order valence-electron chi connectivity index (χ1n) is 6.54. The number of rotatable bonds is 2. The van der Waals surface area contributed by atoms with Crippen molar-refractivity contribution in [3.63, 3.8) is 0 Å². The first-order chi connectivity index (χ1) is 11.3. The van der Waals surface area contributed by atoms with E-state index in [9.17, 15) is 22.4 Å². The fraction of sp³-hybridized carbons (Fsp3) is 0.143. The Balaban J connectivity index is 2.19. The summed E-state index contributed by atoms with van der Waals surface area (Å²) in [5.74, 6) is -7.39. The van der Waals surface area contributed by atoms with Gasteiger partial charge in [0.2, 0.25) is 5.95 Å². The van der Waals surface area contributed by atoms with E-state index in [2.05, 4.69) is 20.3 Å². The number of fused-ring (bicyclic) bond motifs is 1. The SMILES string of the molecule is Cc1cc(C)nc(Nc2nc(=O)c3c(F)c(F)c(F)c(F)c3s2)n1. The minimum absolute atomic E-state index is 0.0819. The molecule has 124 valence electrons. The highest BCUT2D eigenvalue weighted by molar-refractivity contribution is 7.21. The summed E-state index contributed by atoms with van der Waals surface area (Å²) in [7, 11) is 0. The summed E-state index contributed by atoms with van der Waals surface area (Å²) in [4.78, 5) is 23.5. The van der Waals surface area contributed by atoms with Crippen LogP contribution in [0.4, 0.5) is 28.6 Å². The molecule has 0 saturated heterocycles. The van der Waals surface area contributed by atoms with Crippen LogP contribution in [0.3, 0.4) is 0 Å². The molecule has 0 amide bonds. The van der Waals surface area contributed by atoms with Gasteiger partial charge in [-0.05, 0) is 19.9 Å². The fourth-order valence-electron chi connectivity index (χ4n) is 2.10. The first kappa shape index (κ1) is 16.2. The molecule has 0 unspecified atom stereocenters. The Kier molecular flexibility index (Phi) is 3.91. The van der Waals surface area contributed by atoms with Crippen molar-refractivity contribution in [3.8, 4) is 0 Å². The van der Waals surface area contributed by atoms with Crippen LogP contribution in [0.15, 0.2) is 10.9 Å². The third-order valence-electron chi connectivity index (χ3n) is 3.04. The highest BCUT2D eigenvalue weighted by Gasteiger charge is 2.24. The predicted molar refractivity (Wildman–Crippen MR) is 80.5 cm³/mol. The van der Waals surface area contributed by atoms with Crippen LogP contribution in [-0.2, 0) is 0 Å². The zero-order valence-electron chi connectivity index (χ0n) is 12.2. The van der Waals surface area contributed by atoms with Crippen molar-refractivity contribution in [1.82, 2.24) is 15.0 Å². The van der Waals surface area contributed by atoms with Gasteiger partial charge >= 0.3 is 0 Å². The maximum absolute atomic E-state index is 13.9. The molecule has 0 saturated carbocycles. The second-order valence-electron chi connectivity index (χ2n) is 4.88. The van der Waals surface area contributed by atoms with E-state index in [1.807, 2.05) is 0 Å². The number of aromatic nitrogens is 3. The Morgan fingerprint density at radius 2 is 1.50 bits per heavy atom. The predicted octanol–water partition coefficient (Wildman–Crippen LogP) is 3.36. The molecule has 0 atom stereocenters. The third kappa shape index (κ3) is 2.68. The average molecular weight is 356 g/mol. The molecule has 0 spiro atoms. The van der Waals surface area contributed by atoms with Gasteiger partial charge in [-0.3, -0.25) is 10.1 Å². The summed E-state index contributed by atoms with van der Waals surface area (Å²) in [5.41, 5.74) is 0.0258. The number of nitrogens with one attached hydrogen (secondary N) is 1. The van der Waals surface area contributed by atoms with E-state index in [0.29, 0.717) is 22.7 Å². The molecule has 0 fully saturated rings. The Hall–Kier alpha value is -2.62. The number of hydrogen-bond acceptors (Lipinski definition) is 6. The zero-order chi connectivity index (χ0) is 17.6. The second kappa shape index (κ2) is 5.78. The smallest absolute Gasteiger partial charge is 0.284 e. The molecule has 1 aromatic carbocycles. The third-order valence-corrected chi connectivity index (χ3v) is 4.01. The molecular weight excluding hydrogens is 348 g/mol. The molecule has 3 aromatic rings. The van der Waals surface area contributed by atoms with Gasteiger partial charge in [-0.15, -0.1) is 0 Å². The van der Waals surface area contributed by atoms with Gasteiger partial charge in [0.1, 0.15) is 5.39 Å². The lowest BCUT2D eigenvalue weighted by Gasteiger charge is -2.07. The maximum Gasteiger partial charge on any atom is 0.284 e. The maximum atomic E-state index is 13.9. The van der Waals surface area contributed by atoms with Crippen LogP contribution in [0.25, 0.3) is 10.1 Å². The van der Waals surface area contributed by atoms with Gasteiger partial charge in [0.25, 0.3) is 5.56 Å². The highest BCUT2D eigenvalue weighted by Crippen LogP contribution is 2.30. The molecule has 24 heavy (non-hydrogen) atoms. The Labute approximate surface area is 136 Å². The quantitative estimate of drug-likeness (QED) is 0.433. The number of anilines is 2. The van der Waals surface area contributed by atoms with Crippen LogP contribution in [0.5, 0.6) is 0 Å². The number of halogens is 4. The lowest BCUT2D eigenvalue weighted by Crippen LogP contribution is -2.13. The monoisotopic (exact) mass is 356 g/mol. The topological polar surface area (TPSA) is 67.8 Å². The summed E-state index contributed by atoms with van der Waals surface area (Å²) >= 11 is 0.447. The molecule has 0 aliphatic rings. The van der Waals surface area contributed by atoms with Crippen molar-refractivity contribution in [2.45, 2.75) is 13.8 Å². The molecule has 0 aliphatic heterocycles. The fourth-order valence-corrected chi connectivity index (χ4v) is 3.02. The van der Waals surface area contributed by atoms with Gasteiger partial charge < -0.3 is 0 Å². The zero-order valence-corrected chi connectivity index (χ0v) is 13.1. The van der Waals surface area contributed by atoms with Gasteiger partial charge in [-0.25, -0.2) is 27.5 Å². The van der Waals surface area contributed by atoms with E-state index in [1.165, 1.54) is 0 Å². The molecule has 0 aliphatic carbocycles. The average Bonchev–Trinajstić information content (AvgIpc) is 2.49. The lowest BCUT2D eigenvalue weighted by atomic mass is 10.2. The number of aryl methyl sites for hydroxylation is 2. The minimum Gasteiger partial charge on any atom is -0.300 e. The standard InChI is InChI=1S/C14H8F4N4OS/c1-4-3-5(2)20-13(19-4)22-14-21-12(23)6-7(15)8(16)9(17)10(18)11(6)24-14/h3H,1-2H3,(H,19,20,21,22,23). The summed E-state index contributed by atoms with van der Waals surface area (Å²) in [5, 5.41) is 1.46. The van der Waals surface area contributed by atoms with E-state index >= 15 is 0 Å². The Morgan fingerprint density at radius 3 is 2.12 bits per heavy atom. The highest BCUT2D eigenvalue weighted by atomic mass is 32.1. The molecular formula is C14H8F4N4OS. The summed E-state index contributed by atoms with van der Waals surface area (Å²) in [6.45, 7) is 3.42. The van der Waals surface area contributed by atoms with E-state index in [0.717, 1.165) is 0 Å². The van der Waals surface area contributed by atoms with Crippen molar-refractivity contribution in [2.24, 2.45) is 0 Å². The molecule has 0 radical (unpaired) electrons. The van der Waals surface area contributed by atoms with Gasteiger partial charge in [0, 0.05) is 11.4 Å². The number of nitrogens with zero attached hydrogens (tertiary/aromatic N) is 3. The van der Waals surface area contributed by atoms with E-state index < -0.39 is 38.9 Å². The number of hydrogen-bond donors (Lipinski definition) is 1. The Bertz CT molecular complexity index is 1020. The van der Waals surface area contributed by atoms with Gasteiger partial charge in [-0.1, -0.05) is 11.3 Å². The number of benzene rings is 1. The molecule has 1 N–H and O–H groups in total. The molecule has 0 bridgehead atoms. The van der Waals surface area contributed by atoms with Gasteiger partial charge in [0.05, 0.1) is 4.70 Å². The molecule has 3 rings (SSSR count). The van der Waals surface area contributed by atoms with E-state index in [-0.39, 0.29) is 11.1 Å². The van der Waals surface area contributed by atoms with E-state index in [4.69, 9.17) is 0 Å². The summed E-state index contributed by atoms with van der Waals surface area (Å²) in [6, 6.07) is 1.70. The van der Waals surface area contributed by atoms with E-state index in [1.54, 1.807) is 19.9 Å². The van der Waals surface area contributed by atoms with Crippen LogP contribution in [0, 0.1) is 37.1 Å². The van der Waals surface area contributed by atoms with Crippen LogP contribution in [0.2, 0.25) is 0 Å². The van der Waals surface area contributed by atoms with Gasteiger partial charge in [0.15, 0.2) is 28.4 Å². The molecule has 5 nitrogen and oxygen atoms in total. The Morgan fingerprint density at radius 1 is 0.917 bits per heavy atom.